The molecule has 0 aromatic heterocycles. The number of sulfonamides is 1. The summed E-state index contributed by atoms with van der Waals surface area (Å²) in [6.07, 6.45) is 0.926. The van der Waals surface area contributed by atoms with Crippen LogP contribution >= 0.6 is 0 Å². The van der Waals surface area contributed by atoms with Crippen molar-refractivity contribution in [2.45, 2.75) is 24.3 Å². The fraction of sp³-hybridized carbons (Fsp3) is 0.235. The molecule has 0 atom stereocenters. The van der Waals surface area contributed by atoms with Crippen LogP contribution < -0.4 is 15.2 Å². The number of hydrogen-bond donors (Lipinski definition) is 2. The monoisotopic (exact) mass is 348 g/mol. The second-order valence-corrected chi connectivity index (χ2v) is 6.84. The number of nitrogens with one attached hydrogen (secondary N) is 1. The summed E-state index contributed by atoms with van der Waals surface area (Å²) < 4.78 is 27.6. The maximum absolute atomic E-state index is 11.9. The summed E-state index contributed by atoms with van der Waals surface area (Å²) in [5, 5.41) is 7.84. The predicted molar refractivity (Wildman–Crippen MR) is 91.0 cm³/mol. The number of carbonyl (C=O) groups is 1. The van der Waals surface area contributed by atoms with Crippen molar-refractivity contribution in [3.63, 3.8) is 0 Å². The Labute approximate surface area is 141 Å². The molecule has 7 heteroatoms. The number of carbonyl (C=O) groups excluding carboxylic acids is 1. The van der Waals surface area contributed by atoms with Crippen LogP contribution in [-0.2, 0) is 27.8 Å². The van der Waals surface area contributed by atoms with Gasteiger partial charge >= 0.3 is 0 Å². The van der Waals surface area contributed by atoms with Crippen molar-refractivity contribution in [3.8, 4) is 5.75 Å². The van der Waals surface area contributed by atoms with Gasteiger partial charge in [0, 0.05) is 13.0 Å². The highest BCUT2D eigenvalue weighted by atomic mass is 32.2. The first-order chi connectivity index (χ1) is 11.4. The van der Waals surface area contributed by atoms with Crippen molar-refractivity contribution in [3.05, 3.63) is 59.7 Å². The van der Waals surface area contributed by atoms with Gasteiger partial charge < -0.3 is 10.1 Å². The Hall–Kier alpha value is -2.38. The van der Waals surface area contributed by atoms with Crippen LogP contribution in [0.25, 0.3) is 0 Å². The molecule has 0 saturated carbocycles. The van der Waals surface area contributed by atoms with E-state index in [1.807, 2.05) is 24.3 Å². The van der Waals surface area contributed by atoms with E-state index in [1.165, 1.54) is 12.1 Å². The molecule has 0 fully saturated rings. The molecule has 0 aliphatic rings. The Morgan fingerprint density at radius 2 is 1.79 bits per heavy atom. The Morgan fingerprint density at radius 3 is 2.42 bits per heavy atom. The van der Waals surface area contributed by atoms with Crippen LogP contribution in [0.3, 0.4) is 0 Å². The summed E-state index contributed by atoms with van der Waals surface area (Å²) in [6.45, 7) is 0.329. The number of para-hydroxylation sites is 1. The van der Waals surface area contributed by atoms with Crippen LogP contribution in [0.1, 0.15) is 17.5 Å². The Bertz CT molecular complexity index is 802. The van der Waals surface area contributed by atoms with E-state index >= 15 is 0 Å². The SMILES string of the molecule is COc1ccccc1CCC(=O)NCc1ccc(S(N)(=O)=O)cc1. The molecule has 1 amide bonds. The molecule has 0 unspecified atom stereocenters. The number of ether oxygens (including phenoxy) is 1. The van der Waals surface area contributed by atoms with Crippen LogP contribution in [0.5, 0.6) is 5.75 Å². The van der Waals surface area contributed by atoms with Gasteiger partial charge in [0.15, 0.2) is 0 Å². The van der Waals surface area contributed by atoms with Crippen LogP contribution in [0, 0.1) is 0 Å². The lowest BCUT2D eigenvalue weighted by Crippen LogP contribution is -2.23. The molecule has 6 nitrogen and oxygen atoms in total. The zero-order chi connectivity index (χ0) is 17.6. The average molecular weight is 348 g/mol. The average Bonchev–Trinajstić information content (AvgIpc) is 2.58. The maximum atomic E-state index is 11.9. The highest BCUT2D eigenvalue weighted by molar-refractivity contribution is 7.89. The van der Waals surface area contributed by atoms with Crippen molar-refractivity contribution in [2.24, 2.45) is 5.14 Å². The summed E-state index contributed by atoms with van der Waals surface area (Å²) >= 11 is 0. The number of amides is 1. The van der Waals surface area contributed by atoms with Crippen molar-refractivity contribution < 1.29 is 17.9 Å². The molecular formula is C17H20N2O4S. The van der Waals surface area contributed by atoms with Gasteiger partial charge in [-0.2, -0.15) is 0 Å². The molecule has 0 saturated heterocycles. The number of hydrogen-bond acceptors (Lipinski definition) is 4. The number of benzene rings is 2. The highest BCUT2D eigenvalue weighted by Gasteiger charge is 2.08. The van der Waals surface area contributed by atoms with Gasteiger partial charge in [0.05, 0.1) is 12.0 Å². The molecule has 0 aliphatic carbocycles. The predicted octanol–water partition coefficient (Wildman–Crippen LogP) is 1.59. The number of aryl methyl sites for hydroxylation is 1. The first kappa shape index (κ1) is 18.0. The molecular weight excluding hydrogens is 328 g/mol. The molecule has 0 aliphatic heterocycles. The van der Waals surface area contributed by atoms with Gasteiger partial charge in [0.1, 0.15) is 5.75 Å². The van der Waals surface area contributed by atoms with Crippen LogP contribution in [0.15, 0.2) is 53.4 Å². The fourth-order valence-corrected chi connectivity index (χ4v) is 2.76. The largest absolute Gasteiger partial charge is 0.496 e. The molecule has 2 rings (SSSR count). The summed E-state index contributed by atoms with van der Waals surface area (Å²) in [7, 11) is -2.09. The Kier molecular flexibility index (Phi) is 5.94. The van der Waals surface area contributed by atoms with E-state index < -0.39 is 10.0 Å². The van der Waals surface area contributed by atoms with Gasteiger partial charge in [-0.05, 0) is 35.7 Å². The van der Waals surface area contributed by atoms with Gasteiger partial charge in [-0.3, -0.25) is 4.79 Å². The van der Waals surface area contributed by atoms with E-state index in [0.717, 1.165) is 16.9 Å². The molecule has 0 heterocycles. The summed E-state index contributed by atoms with van der Waals surface area (Å²) in [6, 6.07) is 13.7. The molecule has 2 aromatic carbocycles. The molecule has 3 N–H and O–H groups in total. The first-order valence-corrected chi connectivity index (χ1v) is 8.95. The Morgan fingerprint density at radius 1 is 1.12 bits per heavy atom. The smallest absolute Gasteiger partial charge is 0.238 e. The standard InChI is InChI=1S/C17H20N2O4S/c1-23-16-5-3-2-4-14(16)8-11-17(20)19-12-13-6-9-15(10-7-13)24(18,21)22/h2-7,9-10H,8,11-12H2,1H3,(H,19,20)(H2,18,21,22). The highest BCUT2D eigenvalue weighted by Crippen LogP contribution is 2.18. The third kappa shape index (κ3) is 5.07. The molecule has 24 heavy (non-hydrogen) atoms. The van der Waals surface area contributed by atoms with Gasteiger partial charge in [-0.1, -0.05) is 30.3 Å². The molecule has 0 radical (unpaired) electrons. The van der Waals surface area contributed by atoms with Gasteiger partial charge in [0.25, 0.3) is 0 Å². The van der Waals surface area contributed by atoms with Crippen LogP contribution in [-0.4, -0.2) is 21.4 Å². The normalized spacial score (nSPS) is 11.1. The molecule has 128 valence electrons. The van der Waals surface area contributed by atoms with Gasteiger partial charge in [0.2, 0.25) is 15.9 Å². The van der Waals surface area contributed by atoms with Crippen molar-refractivity contribution in [1.82, 2.24) is 5.32 Å². The van der Waals surface area contributed by atoms with Crippen LogP contribution in [0.4, 0.5) is 0 Å². The zero-order valence-electron chi connectivity index (χ0n) is 13.4. The lowest BCUT2D eigenvalue weighted by molar-refractivity contribution is -0.121. The lowest BCUT2D eigenvalue weighted by Gasteiger charge is -2.09. The van der Waals surface area contributed by atoms with Crippen molar-refractivity contribution in [1.29, 1.82) is 0 Å². The molecule has 2 aromatic rings. The van der Waals surface area contributed by atoms with Gasteiger partial charge in [-0.15, -0.1) is 0 Å². The van der Waals surface area contributed by atoms with E-state index in [4.69, 9.17) is 9.88 Å². The molecule has 0 bridgehead atoms. The number of methoxy groups -OCH3 is 1. The fourth-order valence-electron chi connectivity index (χ4n) is 2.24. The summed E-state index contributed by atoms with van der Waals surface area (Å²) in [4.78, 5) is 12.0. The lowest BCUT2D eigenvalue weighted by atomic mass is 10.1. The maximum Gasteiger partial charge on any atom is 0.238 e. The second kappa shape index (κ2) is 7.94. The minimum Gasteiger partial charge on any atom is -0.496 e. The van der Waals surface area contributed by atoms with E-state index in [0.29, 0.717) is 19.4 Å². The summed E-state index contributed by atoms with van der Waals surface area (Å²) in [5.74, 6) is 0.681. The third-order valence-electron chi connectivity index (χ3n) is 3.56. The summed E-state index contributed by atoms with van der Waals surface area (Å²) in [5.41, 5.74) is 1.78. The van der Waals surface area contributed by atoms with Gasteiger partial charge in [-0.25, -0.2) is 13.6 Å². The number of primary sulfonamides is 1. The Balaban J connectivity index is 1.85. The minimum atomic E-state index is -3.70. The van der Waals surface area contributed by atoms with Crippen molar-refractivity contribution >= 4 is 15.9 Å². The third-order valence-corrected chi connectivity index (χ3v) is 4.48. The number of rotatable bonds is 7. The second-order valence-electron chi connectivity index (χ2n) is 5.28. The van der Waals surface area contributed by atoms with E-state index in [9.17, 15) is 13.2 Å². The van der Waals surface area contributed by atoms with E-state index in [-0.39, 0.29) is 10.8 Å². The minimum absolute atomic E-state index is 0.0498. The van der Waals surface area contributed by atoms with E-state index in [1.54, 1.807) is 19.2 Å². The quantitative estimate of drug-likeness (QED) is 0.794. The van der Waals surface area contributed by atoms with Crippen LogP contribution in [0.2, 0.25) is 0 Å². The zero-order valence-corrected chi connectivity index (χ0v) is 14.2. The van der Waals surface area contributed by atoms with Crippen molar-refractivity contribution in [2.75, 3.05) is 7.11 Å². The number of nitrogens with two attached hydrogens (primary N) is 1. The molecule has 0 spiro atoms. The topological polar surface area (TPSA) is 98.5 Å². The first-order valence-electron chi connectivity index (χ1n) is 7.40. The van der Waals surface area contributed by atoms with E-state index in [2.05, 4.69) is 5.32 Å².